The summed E-state index contributed by atoms with van der Waals surface area (Å²) in [7, 11) is 1.66. The van der Waals surface area contributed by atoms with Gasteiger partial charge in [-0.1, -0.05) is 60.7 Å². The molecule has 35 heavy (non-hydrogen) atoms. The van der Waals surface area contributed by atoms with Crippen molar-refractivity contribution < 1.29 is 12.3 Å². The van der Waals surface area contributed by atoms with Crippen LogP contribution in [0.3, 0.4) is 0 Å². The number of benzene rings is 2. The summed E-state index contributed by atoms with van der Waals surface area (Å²) in [6.07, 6.45) is 15.4. The minimum atomic E-state index is -0.646. The fourth-order valence-corrected chi connectivity index (χ4v) is 4.68. The molecule has 2 aromatic heterocycles. The van der Waals surface area contributed by atoms with Crippen LogP contribution in [0, 0.1) is 0 Å². The molecule has 1 aliphatic heterocycles. The van der Waals surface area contributed by atoms with Crippen molar-refractivity contribution in [2.75, 3.05) is 7.11 Å². The van der Waals surface area contributed by atoms with Gasteiger partial charge in [-0.05, 0) is 35.9 Å². The summed E-state index contributed by atoms with van der Waals surface area (Å²) >= 11 is -0.646. The minimum absolute atomic E-state index is 0.0340. The van der Waals surface area contributed by atoms with Gasteiger partial charge in [0.15, 0.2) is 0 Å². The highest BCUT2D eigenvalue weighted by atomic mass is 27.2. The second-order valence-corrected chi connectivity index (χ2v) is 8.54. The predicted molar refractivity (Wildman–Crippen MR) is 140 cm³/mol. The predicted octanol–water partition coefficient (Wildman–Crippen LogP) is 5.28. The number of ether oxygens (including phenoxy) is 1. The van der Waals surface area contributed by atoms with Gasteiger partial charge in [-0.25, -0.2) is 0 Å². The molecule has 6 rings (SSSR count). The van der Waals surface area contributed by atoms with Crippen LogP contribution in [0.5, 0.6) is 11.5 Å². The van der Waals surface area contributed by atoms with E-state index >= 15 is 0 Å². The summed E-state index contributed by atoms with van der Waals surface area (Å²) < 4.78 is 17.0. The van der Waals surface area contributed by atoms with E-state index in [1.165, 1.54) is 5.57 Å². The topological polar surface area (TPSA) is 65.8 Å². The molecule has 171 valence electrons. The van der Waals surface area contributed by atoms with Gasteiger partial charge in [0.05, 0.1) is 13.2 Å². The largest absolute Gasteiger partial charge is 0.774 e. The summed E-state index contributed by atoms with van der Waals surface area (Å²) in [5, 5.41) is 2.17. The van der Waals surface area contributed by atoms with Gasteiger partial charge in [-0.3, -0.25) is 15.0 Å². The van der Waals surface area contributed by atoms with E-state index in [1.54, 1.807) is 19.5 Å². The monoisotopic (exact) mass is 476 g/mol. The average Bonchev–Trinajstić information content (AvgIpc) is 2.93. The van der Waals surface area contributed by atoms with Crippen LogP contribution in [0.1, 0.15) is 0 Å². The first-order chi connectivity index (χ1) is 17.3. The molecule has 0 N–H and O–H groups in total. The fourth-order valence-electron chi connectivity index (χ4n) is 3.97. The molecule has 2 aromatic carbocycles. The number of methoxy groups -OCH3 is 1. The Balaban J connectivity index is 0.000000178. The van der Waals surface area contributed by atoms with E-state index in [9.17, 15) is 0 Å². The van der Waals surface area contributed by atoms with Gasteiger partial charge in [-0.2, -0.15) is 0 Å². The molecule has 0 fully saturated rings. The van der Waals surface area contributed by atoms with Gasteiger partial charge in [0.25, 0.3) is 0 Å². The SMILES string of the molecule is C1=CC2=CC=CC([O][Al][O]c3cccc4cccnc34)C2N=C1.COc1cccc2cccnc12. The molecule has 0 saturated carbocycles. The molecule has 0 bridgehead atoms. The summed E-state index contributed by atoms with van der Waals surface area (Å²) in [4.78, 5) is 13.1. The van der Waals surface area contributed by atoms with Gasteiger partial charge in [-0.15, -0.1) is 0 Å². The Hall–Kier alpha value is -3.76. The lowest BCUT2D eigenvalue weighted by Gasteiger charge is -2.27. The number of pyridine rings is 2. The van der Waals surface area contributed by atoms with Crippen LogP contribution in [-0.2, 0) is 3.79 Å². The number of dihydropyridines is 1. The third-order valence-electron chi connectivity index (χ3n) is 5.66. The molecule has 0 saturated heterocycles. The Morgan fingerprint density at radius 2 is 1.49 bits per heavy atom. The van der Waals surface area contributed by atoms with Crippen LogP contribution in [-0.4, -0.2) is 51.3 Å². The molecule has 1 aliphatic carbocycles. The third kappa shape index (κ3) is 5.34. The van der Waals surface area contributed by atoms with Gasteiger partial charge >= 0.3 is 15.9 Å². The number of aromatic nitrogens is 2. The second-order valence-electron chi connectivity index (χ2n) is 7.84. The van der Waals surface area contributed by atoms with Crippen LogP contribution < -0.4 is 8.53 Å². The lowest BCUT2D eigenvalue weighted by molar-refractivity contribution is 0.213. The van der Waals surface area contributed by atoms with E-state index in [-0.39, 0.29) is 12.1 Å². The van der Waals surface area contributed by atoms with Crippen molar-refractivity contribution in [1.82, 2.24) is 9.97 Å². The first kappa shape index (κ1) is 23.0. The number of para-hydroxylation sites is 2. The van der Waals surface area contributed by atoms with Gasteiger partial charge in [0.2, 0.25) is 0 Å². The van der Waals surface area contributed by atoms with Crippen LogP contribution in [0.4, 0.5) is 0 Å². The smallest absolute Gasteiger partial charge is 0.624 e. The van der Waals surface area contributed by atoms with Crippen molar-refractivity contribution in [2.45, 2.75) is 12.1 Å². The molecule has 2 atom stereocenters. The lowest BCUT2D eigenvalue weighted by Crippen LogP contribution is -2.32. The van der Waals surface area contributed by atoms with Crippen molar-refractivity contribution in [2.24, 2.45) is 4.99 Å². The van der Waals surface area contributed by atoms with Crippen molar-refractivity contribution in [3.8, 4) is 11.5 Å². The molecule has 7 heteroatoms. The molecular weight excluding hydrogens is 453 g/mol. The summed E-state index contributed by atoms with van der Waals surface area (Å²) in [6.45, 7) is 0. The average molecular weight is 476 g/mol. The Labute approximate surface area is 210 Å². The molecule has 0 spiro atoms. The number of fused-ring (bicyclic) bond motifs is 3. The van der Waals surface area contributed by atoms with Gasteiger partial charge in [0.1, 0.15) is 28.6 Å². The molecule has 1 radical (unpaired) electrons. The zero-order chi connectivity index (χ0) is 23.9. The summed E-state index contributed by atoms with van der Waals surface area (Å²) in [5.41, 5.74) is 2.96. The first-order valence-electron chi connectivity index (χ1n) is 11.3. The van der Waals surface area contributed by atoms with Crippen molar-refractivity contribution >= 4 is 43.9 Å². The minimum Gasteiger partial charge on any atom is -0.624 e. The standard InChI is InChI=1S/C10H9NO.C9H8NO.C9H7NO.Al/c1-12-9-6-2-4-8-5-3-7-11-10(8)9;2*11-8-5-1-3-7-4-2-6-10-9(7)8;/h2-7H,1H3;1-6,8-9H;1-6,11H;/q;-1;;+2/p-1. The summed E-state index contributed by atoms with van der Waals surface area (Å²) in [5.74, 6) is 1.59. The Morgan fingerprint density at radius 3 is 2.23 bits per heavy atom. The molecule has 2 aliphatic rings. The zero-order valence-corrected chi connectivity index (χ0v) is 20.3. The maximum Gasteiger partial charge on any atom is 0.774 e. The van der Waals surface area contributed by atoms with Crippen LogP contribution in [0.25, 0.3) is 21.8 Å². The fraction of sp³-hybridized carbons (Fsp3) is 0.107. The normalized spacial score (nSPS) is 17.8. The van der Waals surface area contributed by atoms with E-state index in [0.29, 0.717) is 0 Å². The molecule has 2 unspecified atom stereocenters. The van der Waals surface area contributed by atoms with Crippen molar-refractivity contribution in [3.63, 3.8) is 0 Å². The second kappa shape index (κ2) is 11.1. The van der Waals surface area contributed by atoms with E-state index in [1.807, 2.05) is 85.1 Å². The van der Waals surface area contributed by atoms with Crippen LogP contribution in [0.2, 0.25) is 0 Å². The Bertz CT molecular complexity index is 1440. The highest BCUT2D eigenvalue weighted by Gasteiger charge is 2.26. The number of allylic oxidation sites excluding steroid dienone is 3. The Kier molecular flexibility index (Phi) is 7.30. The molecule has 3 heterocycles. The number of aliphatic imine (C=N–C) groups is 1. The quantitative estimate of drug-likeness (QED) is 0.367. The van der Waals surface area contributed by atoms with Crippen molar-refractivity contribution in [1.29, 1.82) is 0 Å². The molecular formula is C28H23AlN3O3. The maximum absolute atomic E-state index is 5.96. The number of hydrogen-bond donors (Lipinski definition) is 0. The first-order valence-corrected chi connectivity index (χ1v) is 12.2. The van der Waals surface area contributed by atoms with Crippen molar-refractivity contribution in [3.05, 3.63) is 109 Å². The van der Waals surface area contributed by atoms with Crippen LogP contribution in [0.15, 0.2) is 114 Å². The molecule has 6 nitrogen and oxygen atoms in total. The highest BCUT2D eigenvalue weighted by molar-refractivity contribution is 6.20. The van der Waals surface area contributed by atoms with E-state index in [4.69, 9.17) is 12.3 Å². The lowest BCUT2D eigenvalue weighted by atomic mass is 9.95. The summed E-state index contributed by atoms with van der Waals surface area (Å²) in [6, 6.07) is 19.7. The molecule has 0 amide bonds. The number of hydrogen-bond acceptors (Lipinski definition) is 6. The van der Waals surface area contributed by atoms with E-state index < -0.39 is 15.9 Å². The number of rotatable bonds is 5. The number of nitrogens with zero attached hydrogens (tertiary/aromatic N) is 3. The van der Waals surface area contributed by atoms with Crippen LogP contribution >= 0.6 is 0 Å². The Morgan fingerprint density at radius 1 is 0.800 bits per heavy atom. The van der Waals surface area contributed by atoms with E-state index in [0.717, 1.165) is 33.3 Å². The maximum atomic E-state index is 5.96. The molecule has 4 aromatic rings. The highest BCUT2D eigenvalue weighted by Crippen LogP contribution is 2.25. The van der Waals surface area contributed by atoms with E-state index in [2.05, 4.69) is 27.1 Å². The third-order valence-corrected chi connectivity index (χ3v) is 6.44. The van der Waals surface area contributed by atoms with Gasteiger partial charge < -0.3 is 12.3 Å². The van der Waals surface area contributed by atoms with Gasteiger partial charge in [0, 0.05) is 29.4 Å². The zero-order valence-electron chi connectivity index (χ0n) is 19.2.